The van der Waals surface area contributed by atoms with Gasteiger partial charge in [0.1, 0.15) is 31.0 Å². The van der Waals surface area contributed by atoms with E-state index in [0.29, 0.717) is 23.1 Å². The molecule has 0 aromatic heterocycles. The molecule has 2 aromatic carbocycles. The van der Waals surface area contributed by atoms with Gasteiger partial charge in [0.05, 0.1) is 11.2 Å². The Morgan fingerprint density at radius 2 is 1.41 bits per heavy atom. The lowest BCUT2D eigenvalue weighted by Gasteiger charge is -2.61. The molecule has 0 spiro atoms. The molecule has 2 aromatic rings. The summed E-state index contributed by atoms with van der Waals surface area (Å²) in [6.45, 7) is 11.5. The summed E-state index contributed by atoms with van der Waals surface area (Å²) < 4.78 is 40.3. The quantitative estimate of drug-likeness (QED) is 0.0575. The third-order valence-electron chi connectivity index (χ3n) is 14.8. The number of ether oxygens (including phenoxy) is 6. The van der Waals surface area contributed by atoms with Crippen LogP contribution in [0.25, 0.3) is 0 Å². The Morgan fingerprint density at radius 1 is 0.820 bits per heavy atom. The van der Waals surface area contributed by atoms with E-state index in [-0.39, 0.29) is 12.0 Å². The Kier molecular flexibility index (Phi) is 12.3. The first-order valence-corrected chi connectivity index (χ1v) is 22.9. The van der Waals surface area contributed by atoms with Crippen LogP contribution in [0.5, 0.6) is 0 Å². The van der Waals surface area contributed by atoms with E-state index in [1.54, 1.807) is 62.4 Å². The fourth-order valence-electron chi connectivity index (χ4n) is 11.6. The zero-order valence-electron chi connectivity index (χ0n) is 36.3. The molecule has 3 heterocycles. The van der Waals surface area contributed by atoms with E-state index in [0.717, 1.165) is 19.3 Å². The Balaban J connectivity index is 1.05. The number of hydrogen-bond acceptors (Lipinski definition) is 11. The number of fused-ring (bicyclic) bond motifs is 3. The van der Waals surface area contributed by atoms with Gasteiger partial charge in [0.2, 0.25) is 0 Å². The zero-order valence-corrected chi connectivity index (χ0v) is 36.3. The number of benzene rings is 2. The largest absolute Gasteiger partial charge is 0.462 e. The summed E-state index contributed by atoms with van der Waals surface area (Å²) in [5.74, 6) is -6.49. The van der Waals surface area contributed by atoms with E-state index in [2.05, 4.69) is 13.5 Å². The molecule has 11 heteroatoms. The summed E-state index contributed by atoms with van der Waals surface area (Å²) in [5, 5.41) is 25.4. The van der Waals surface area contributed by atoms with Crippen LogP contribution >= 0.6 is 0 Å². The highest BCUT2D eigenvalue weighted by Gasteiger charge is 2.91. The van der Waals surface area contributed by atoms with Gasteiger partial charge in [-0.15, -0.1) is 0 Å². The molecule has 8 rings (SSSR count). The van der Waals surface area contributed by atoms with E-state index in [1.165, 1.54) is 57.8 Å². The first-order valence-electron chi connectivity index (χ1n) is 22.9. The van der Waals surface area contributed by atoms with Crippen molar-refractivity contribution in [2.24, 2.45) is 17.8 Å². The predicted molar refractivity (Wildman–Crippen MR) is 226 cm³/mol. The first kappa shape index (κ1) is 43.9. The van der Waals surface area contributed by atoms with Gasteiger partial charge < -0.3 is 38.6 Å². The SMILES string of the molecule is C=C(C)C12OC3(c4ccccc4)OC1C1C4OC4(COC(=O)CCCCCCCCCCCCCCC)C(O)C4(O)C(=O)C(C)=CC4C1(O3)C(C)C2OC(=O)c1ccccc1. The number of carbonyl (C=O) groups excluding carboxylic acids is 3. The topological polar surface area (TPSA) is 150 Å². The lowest BCUT2D eigenvalue weighted by atomic mass is 9.53. The second-order valence-electron chi connectivity index (χ2n) is 18.6. The molecule has 3 saturated heterocycles. The van der Waals surface area contributed by atoms with E-state index in [4.69, 9.17) is 28.4 Å². The number of rotatable bonds is 20. The average Bonchev–Trinajstić information content (AvgIpc) is 3.87. The molecule has 0 amide bonds. The van der Waals surface area contributed by atoms with Gasteiger partial charge in [0, 0.05) is 29.7 Å². The first-order chi connectivity index (χ1) is 29.3. The van der Waals surface area contributed by atoms with Crippen LogP contribution in [-0.2, 0) is 44.0 Å². The molecule has 12 unspecified atom stereocenters. The van der Waals surface area contributed by atoms with Crippen LogP contribution in [0.15, 0.2) is 84.5 Å². The standard InChI is InChI=1S/C50H64O11/c1-6-7-8-9-10-11-12-13-14-15-16-17-24-29-38(51)56-31-46-42(58-46)39-43-48(32(2)3)41(57-44(53)35-25-20-18-21-26-35)34(5)49(39,37-30-33(4)40(52)47(37,55)45(46)54)61-50(59-43,60-48)36-27-22-19-23-28-36/h18-23,25-28,30,34,37,39,41-43,45,54-55H,2,6-17,24,29,31H2,1,3-5H3. The van der Waals surface area contributed by atoms with Crippen molar-refractivity contribution in [1.29, 1.82) is 0 Å². The number of hydrogen-bond donors (Lipinski definition) is 2. The van der Waals surface area contributed by atoms with Crippen LogP contribution < -0.4 is 0 Å². The average molecular weight is 841 g/mol. The van der Waals surface area contributed by atoms with Crippen LogP contribution in [0.3, 0.4) is 0 Å². The normalized spacial score (nSPS) is 37.6. The monoisotopic (exact) mass is 840 g/mol. The minimum Gasteiger partial charge on any atom is -0.462 e. The Labute approximate surface area is 360 Å². The molecule has 0 radical (unpaired) electrons. The van der Waals surface area contributed by atoms with Gasteiger partial charge in [0.25, 0.3) is 0 Å². The van der Waals surface area contributed by atoms with Crippen molar-refractivity contribution in [3.05, 3.63) is 95.6 Å². The molecule has 3 aliphatic carbocycles. The molecular weight excluding hydrogens is 777 g/mol. The van der Waals surface area contributed by atoms with Crippen molar-refractivity contribution in [3.8, 4) is 0 Å². The van der Waals surface area contributed by atoms with Crippen molar-refractivity contribution >= 4 is 17.7 Å². The van der Waals surface area contributed by atoms with Crippen LogP contribution in [0.1, 0.15) is 134 Å². The number of aliphatic hydroxyl groups excluding tert-OH is 1. The van der Waals surface area contributed by atoms with Gasteiger partial charge in [0.15, 0.2) is 22.6 Å². The third-order valence-corrected chi connectivity index (χ3v) is 14.8. The van der Waals surface area contributed by atoms with Gasteiger partial charge in [-0.25, -0.2) is 4.79 Å². The van der Waals surface area contributed by atoms with Crippen molar-refractivity contribution in [1.82, 2.24) is 0 Å². The maximum Gasteiger partial charge on any atom is 0.338 e. The molecule has 3 aliphatic heterocycles. The molecule has 2 saturated carbocycles. The van der Waals surface area contributed by atoms with Crippen molar-refractivity contribution in [2.75, 3.05) is 6.61 Å². The number of aliphatic hydroxyl groups is 2. The fraction of sp³-hybridized carbons (Fsp3) is 0.620. The smallest absolute Gasteiger partial charge is 0.338 e. The maximum atomic E-state index is 14.4. The van der Waals surface area contributed by atoms with Crippen LogP contribution in [0.4, 0.5) is 0 Å². The Hall–Kier alpha value is -3.71. The van der Waals surface area contributed by atoms with Crippen LogP contribution in [-0.4, -0.2) is 81.4 Å². The van der Waals surface area contributed by atoms with Gasteiger partial charge in [-0.05, 0) is 43.5 Å². The number of carbonyl (C=O) groups is 3. The number of esters is 2. The number of epoxide rings is 1. The predicted octanol–water partition coefficient (Wildman–Crippen LogP) is 8.20. The molecule has 2 N–H and O–H groups in total. The lowest BCUT2D eigenvalue weighted by molar-refractivity contribution is -0.440. The van der Waals surface area contributed by atoms with Gasteiger partial charge in [-0.2, -0.15) is 0 Å². The van der Waals surface area contributed by atoms with Crippen LogP contribution in [0.2, 0.25) is 0 Å². The van der Waals surface area contributed by atoms with Crippen LogP contribution in [0, 0.1) is 17.8 Å². The summed E-state index contributed by atoms with van der Waals surface area (Å²) in [7, 11) is 0. The number of ketones is 1. The summed E-state index contributed by atoms with van der Waals surface area (Å²) in [5.41, 5.74) is -5.75. The lowest BCUT2D eigenvalue weighted by Crippen LogP contribution is -2.76. The molecular formula is C50H64O11. The highest BCUT2D eigenvalue weighted by molar-refractivity contribution is 6.05. The Bertz CT molecular complexity index is 1980. The van der Waals surface area contributed by atoms with Gasteiger partial charge in [-0.1, -0.05) is 152 Å². The third kappa shape index (κ3) is 7.06. The van der Waals surface area contributed by atoms with Crippen molar-refractivity contribution in [3.63, 3.8) is 0 Å². The molecule has 5 fully saturated rings. The molecule has 3 bridgehead atoms. The van der Waals surface area contributed by atoms with E-state index >= 15 is 0 Å². The number of unbranched alkanes of at least 4 members (excludes halogenated alkanes) is 12. The number of Topliss-reactive ketones (excluding diaryl/α,β-unsaturated/α-hetero) is 1. The second-order valence-corrected chi connectivity index (χ2v) is 18.6. The molecule has 12 atom stereocenters. The fourth-order valence-corrected chi connectivity index (χ4v) is 11.6. The summed E-state index contributed by atoms with van der Waals surface area (Å²) >= 11 is 0. The minimum atomic E-state index is -2.48. The van der Waals surface area contributed by atoms with E-state index in [9.17, 15) is 24.6 Å². The zero-order chi connectivity index (χ0) is 43.2. The van der Waals surface area contributed by atoms with E-state index < -0.39 is 94.9 Å². The molecule has 6 aliphatic rings. The molecule has 11 nitrogen and oxygen atoms in total. The minimum absolute atomic E-state index is 0.195. The van der Waals surface area contributed by atoms with E-state index in [1.807, 2.05) is 25.1 Å². The van der Waals surface area contributed by atoms with Gasteiger partial charge in [-0.3, -0.25) is 9.59 Å². The molecule has 61 heavy (non-hydrogen) atoms. The highest BCUT2D eigenvalue weighted by Crippen LogP contribution is 2.74. The highest BCUT2D eigenvalue weighted by atomic mass is 16.9. The maximum absolute atomic E-state index is 14.4. The second kappa shape index (κ2) is 17.1. The summed E-state index contributed by atoms with van der Waals surface area (Å²) in [4.78, 5) is 41.7. The Morgan fingerprint density at radius 3 is 2.02 bits per heavy atom. The summed E-state index contributed by atoms with van der Waals surface area (Å²) in [6.07, 6.45) is 12.4. The van der Waals surface area contributed by atoms with Crippen molar-refractivity contribution in [2.45, 2.75) is 170 Å². The van der Waals surface area contributed by atoms with Gasteiger partial charge >= 0.3 is 17.9 Å². The molecule has 330 valence electrons. The summed E-state index contributed by atoms with van der Waals surface area (Å²) in [6, 6.07) is 17.7. The van der Waals surface area contributed by atoms with Crippen molar-refractivity contribution < 1.29 is 53.0 Å².